The van der Waals surface area contributed by atoms with Gasteiger partial charge in [0.1, 0.15) is 6.04 Å². The third kappa shape index (κ3) is 2.83. The number of hydrogen-bond donors (Lipinski definition) is 1. The molecule has 2 aliphatic rings. The molecule has 2 aliphatic heterocycles. The van der Waals surface area contributed by atoms with Gasteiger partial charge in [-0.25, -0.2) is 0 Å². The fraction of sp³-hybridized carbons (Fsp3) is 0.588. The lowest BCUT2D eigenvalue weighted by Crippen LogP contribution is -2.34. The monoisotopic (exact) mass is 289 g/mol. The Morgan fingerprint density at radius 2 is 2.19 bits per heavy atom. The summed E-state index contributed by atoms with van der Waals surface area (Å²) in [6.07, 6.45) is 4.21. The van der Waals surface area contributed by atoms with Gasteiger partial charge in [-0.1, -0.05) is 25.1 Å². The van der Waals surface area contributed by atoms with Crippen molar-refractivity contribution < 1.29 is 14.6 Å². The fourth-order valence-electron chi connectivity index (χ4n) is 3.54. The molecule has 21 heavy (non-hydrogen) atoms. The maximum atomic E-state index is 11.9. The highest BCUT2D eigenvalue weighted by atomic mass is 16.5. The van der Waals surface area contributed by atoms with Crippen LogP contribution < -0.4 is 0 Å². The first-order chi connectivity index (χ1) is 10.2. The molecule has 1 saturated heterocycles. The molecule has 0 aromatic heterocycles. The molecule has 1 fully saturated rings. The maximum absolute atomic E-state index is 11.9. The molecular weight excluding hydrogens is 266 g/mol. The van der Waals surface area contributed by atoms with E-state index in [4.69, 9.17) is 4.74 Å². The van der Waals surface area contributed by atoms with E-state index in [9.17, 15) is 9.90 Å². The van der Waals surface area contributed by atoms with Crippen LogP contribution in [0.1, 0.15) is 48.9 Å². The summed E-state index contributed by atoms with van der Waals surface area (Å²) in [6.45, 7) is 4.49. The minimum Gasteiger partial charge on any atom is -0.480 e. The van der Waals surface area contributed by atoms with E-state index >= 15 is 0 Å². The van der Waals surface area contributed by atoms with Crippen LogP contribution in [0.5, 0.6) is 0 Å². The van der Waals surface area contributed by atoms with E-state index < -0.39 is 12.0 Å². The molecule has 0 bridgehead atoms. The number of benzene rings is 1. The van der Waals surface area contributed by atoms with Crippen molar-refractivity contribution in [3.8, 4) is 0 Å². The van der Waals surface area contributed by atoms with Crippen LogP contribution in [0.3, 0.4) is 0 Å². The number of hydrogen-bond acceptors (Lipinski definition) is 3. The second kappa shape index (κ2) is 6.16. The van der Waals surface area contributed by atoms with Gasteiger partial charge in [0.25, 0.3) is 0 Å². The normalized spacial score (nSPS) is 23.8. The first-order valence-corrected chi connectivity index (χ1v) is 7.89. The SMILES string of the molecule is CCC1Cc2c(cccc2C(C(=O)O)N2CCCC2)CO1. The molecule has 2 unspecified atom stereocenters. The summed E-state index contributed by atoms with van der Waals surface area (Å²) in [5.41, 5.74) is 3.33. The summed E-state index contributed by atoms with van der Waals surface area (Å²) in [6, 6.07) is 5.52. The van der Waals surface area contributed by atoms with Crippen molar-refractivity contribution >= 4 is 5.97 Å². The third-order valence-corrected chi connectivity index (χ3v) is 4.71. The molecule has 0 spiro atoms. The number of fused-ring (bicyclic) bond motifs is 1. The summed E-state index contributed by atoms with van der Waals surface area (Å²) in [4.78, 5) is 14.0. The van der Waals surface area contributed by atoms with Crippen LogP contribution in [0.25, 0.3) is 0 Å². The van der Waals surface area contributed by atoms with Gasteiger partial charge in [-0.2, -0.15) is 0 Å². The Bertz CT molecular complexity index is 523. The van der Waals surface area contributed by atoms with Crippen molar-refractivity contribution in [2.75, 3.05) is 13.1 Å². The number of nitrogens with zero attached hydrogens (tertiary/aromatic N) is 1. The lowest BCUT2D eigenvalue weighted by atomic mass is 9.89. The third-order valence-electron chi connectivity index (χ3n) is 4.71. The topological polar surface area (TPSA) is 49.8 Å². The van der Waals surface area contributed by atoms with Crippen molar-refractivity contribution in [3.05, 3.63) is 34.9 Å². The highest BCUT2D eigenvalue weighted by molar-refractivity contribution is 5.76. The molecule has 0 amide bonds. The average molecular weight is 289 g/mol. The number of ether oxygens (including phenoxy) is 1. The Morgan fingerprint density at radius 1 is 1.43 bits per heavy atom. The van der Waals surface area contributed by atoms with Crippen LogP contribution >= 0.6 is 0 Å². The van der Waals surface area contributed by atoms with Crippen molar-refractivity contribution in [2.24, 2.45) is 0 Å². The summed E-state index contributed by atoms with van der Waals surface area (Å²) in [5.74, 6) is -0.732. The molecule has 1 N–H and O–H groups in total. The van der Waals surface area contributed by atoms with Gasteiger partial charge in [0.15, 0.2) is 0 Å². The summed E-state index contributed by atoms with van der Waals surface area (Å²) in [7, 11) is 0. The van der Waals surface area contributed by atoms with Crippen LogP contribution in [0.4, 0.5) is 0 Å². The summed E-state index contributed by atoms with van der Waals surface area (Å²) < 4.78 is 5.81. The number of rotatable bonds is 4. The smallest absolute Gasteiger partial charge is 0.325 e. The number of carbonyl (C=O) groups is 1. The standard InChI is InChI=1S/C17H23NO3/c1-2-13-10-15-12(11-21-13)6-5-7-14(15)16(17(19)20)18-8-3-4-9-18/h5-7,13,16H,2-4,8-11H2,1H3,(H,19,20). The Labute approximate surface area is 125 Å². The van der Waals surface area contributed by atoms with Crippen molar-refractivity contribution in [1.82, 2.24) is 4.90 Å². The molecular formula is C17H23NO3. The predicted molar refractivity (Wildman–Crippen MR) is 80.2 cm³/mol. The van der Waals surface area contributed by atoms with Gasteiger partial charge in [-0.05, 0) is 55.5 Å². The van der Waals surface area contributed by atoms with Gasteiger partial charge >= 0.3 is 5.97 Å². The quantitative estimate of drug-likeness (QED) is 0.926. The van der Waals surface area contributed by atoms with Gasteiger partial charge < -0.3 is 9.84 Å². The highest BCUT2D eigenvalue weighted by Gasteiger charge is 2.33. The number of carboxylic acids is 1. The second-order valence-electron chi connectivity index (χ2n) is 6.01. The van der Waals surface area contributed by atoms with Gasteiger partial charge in [0, 0.05) is 0 Å². The fourth-order valence-corrected chi connectivity index (χ4v) is 3.54. The zero-order valence-electron chi connectivity index (χ0n) is 12.5. The Balaban J connectivity index is 1.98. The van der Waals surface area contributed by atoms with E-state index in [0.717, 1.165) is 49.9 Å². The maximum Gasteiger partial charge on any atom is 0.325 e. The van der Waals surface area contributed by atoms with Gasteiger partial charge in [0.2, 0.25) is 0 Å². The molecule has 0 aliphatic carbocycles. The zero-order valence-corrected chi connectivity index (χ0v) is 12.5. The molecule has 4 nitrogen and oxygen atoms in total. The van der Waals surface area contributed by atoms with E-state index in [-0.39, 0.29) is 6.10 Å². The van der Waals surface area contributed by atoms with Crippen molar-refractivity contribution in [2.45, 2.75) is 51.4 Å². The molecule has 2 heterocycles. The molecule has 114 valence electrons. The zero-order chi connectivity index (χ0) is 14.8. The molecule has 3 rings (SSSR count). The Kier molecular flexibility index (Phi) is 4.27. The lowest BCUT2D eigenvalue weighted by Gasteiger charge is -2.31. The molecule has 0 saturated carbocycles. The van der Waals surface area contributed by atoms with Crippen LogP contribution in [-0.4, -0.2) is 35.2 Å². The van der Waals surface area contributed by atoms with E-state index in [1.54, 1.807) is 0 Å². The van der Waals surface area contributed by atoms with Gasteiger partial charge in [-0.15, -0.1) is 0 Å². The molecule has 4 heteroatoms. The van der Waals surface area contributed by atoms with Gasteiger partial charge in [-0.3, -0.25) is 9.69 Å². The second-order valence-corrected chi connectivity index (χ2v) is 6.01. The molecule has 0 radical (unpaired) electrons. The Hall–Kier alpha value is -1.39. The van der Waals surface area contributed by atoms with Crippen LogP contribution in [0, 0.1) is 0 Å². The van der Waals surface area contributed by atoms with E-state index in [1.165, 1.54) is 5.56 Å². The highest BCUT2D eigenvalue weighted by Crippen LogP contribution is 2.33. The van der Waals surface area contributed by atoms with Crippen LogP contribution in [0.2, 0.25) is 0 Å². The predicted octanol–water partition coefficient (Wildman–Crippen LogP) is 2.76. The van der Waals surface area contributed by atoms with E-state index in [0.29, 0.717) is 6.61 Å². The molecule has 1 aromatic carbocycles. The van der Waals surface area contributed by atoms with E-state index in [2.05, 4.69) is 17.9 Å². The first kappa shape index (κ1) is 14.5. The van der Waals surface area contributed by atoms with Crippen LogP contribution in [0.15, 0.2) is 18.2 Å². The largest absolute Gasteiger partial charge is 0.480 e. The number of likely N-dealkylation sites (tertiary alicyclic amines) is 1. The first-order valence-electron chi connectivity index (χ1n) is 7.89. The summed E-state index contributed by atoms with van der Waals surface area (Å²) >= 11 is 0. The van der Waals surface area contributed by atoms with Crippen LogP contribution in [-0.2, 0) is 22.6 Å². The van der Waals surface area contributed by atoms with Crippen molar-refractivity contribution in [3.63, 3.8) is 0 Å². The number of aliphatic carboxylic acids is 1. The lowest BCUT2D eigenvalue weighted by molar-refractivity contribution is -0.143. The molecule has 2 atom stereocenters. The minimum absolute atomic E-state index is 0.215. The van der Waals surface area contributed by atoms with Crippen molar-refractivity contribution in [1.29, 1.82) is 0 Å². The molecule has 1 aromatic rings. The van der Waals surface area contributed by atoms with E-state index in [1.807, 2.05) is 12.1 Å². The Morgan fingerprint density at radius 3 is 2.86 bits per heavy atom. The van der Waals surface area contributed by atoms with Gasteiger partial charge in [0.05, 0.1) is 12.7 Å². The summed E-state index contributed by atoms with van der Waals surface area (Å²) in [5, 5.41) is 9.74. The number of carboxylic acid groups (broad SMARTS) is 1. The minimum atomic E-state index is -0.732. The average Bonchev–Trinajstić information content (AvgIpc) is 3.01.